The molecule has 0 radical (unpaired) electrons. The summed E-state index contributed by atoms with van der Waals surface area (Å²) in [5.74, 6) is -0.161. The second-order valence-corrected chi connectivity index (χ2v) is 5.32. The van der Waals surface area contributed by atoms with Crippen LogP contribution in [0.4, 0.5) is 5.69 Å². The molecular formula is C15H20ClN3O2. The molecule has 3 rings (SSSR count). The van der Waals surface area contributed by atoms with Crippen molar-refractivity contribution in [3.05, 3.63) is 29.3 Å². The molecule has 2 heterocycles. The van der Waals surface area contributed by atoms with Crippen molar-refractivity contribution >= 4 is 29.9 Å². The van der Waals surface area contributed by atoms with E-state index in [9.17, 15) is 9.59 Å². The van der Waals surface area contributed by atoms with Crippen molar-refractivity contribution in [3.63, 3.8) is 0 Å². The summed E-state index contributed by atoms with van der Waals surface area (Å²) in [6.45, 7) is 2.65. The molecule has 5 nitrogen and oxygen atoms in total. The number of amides is 2. The van der Waals surface area contributed by atoms with Gasteiger partial charge in [0.25, 0.3) is 5.91 Å². The molecular weight excluding hydrogens is 290 g/mol. The van der Waals surface area contributed by atoms with Gasteiger partial charge in [0, 0.05) is 30.9 Å². The first-order valence-corrected chi connectivity index (χ1v) is 7.17. The van der Waals surface area contributed by atoms with Crippen molar-refractivity contribution in [3.8, 4) is 0 Å². The Morgan fingerprint density at radius 2 is 2.00 bits per heavy atom. The van der Waals surface area contributed by atoms with Crippen molar-refractivity contribution in [1.82, 2.24) is 10.2 Å². The van der Waals surface area contributed by atoms with Crippen LogP contribution in [0.3, 0.4) is 0 Å². The number of benzene rings is 1. The lowest BCUT2D eigenvalue weighted by Crippen LogP contribution is -2.38. The maximum atomic E-state index is 12.1. The van der Waals surface area contributed by atoms with Gasteiger partial charge in [0.2, 0.25) is 5.91 Å². The summed E-state index contributed by atoms with van der Waals surface area (Å²) in [6.07, 6.45) is 3.08. The zero-order valence-corrected chi connectivity index (χ0v) is 12.7. The van der Waals surface area contributed by atoms with Gasteiger partial charge < -0.3 is 15.5 Å². The van der Waals surface area contributed by atoms with Gasteiger partial charge in [0.05, 0.1) is 6.54 Å². The first kappa shape index (κ1) is 15.6. The van der Waals surface area contributed by atoms with Crippen molar-refractivity contribution in [2.75, 3.05) is 31.5 Å². The van der Waals surface area contributed by atoms with Crippen LogP contribution in [0.25, 0.3) is 0 Å². The van der Waals surface area contributed by atoms with Crippen LogP contribution in [0.15, 0.2) is 18.2 Å². The second-order valence-electron chi connectivity index (χ2n) is 5.32. The number of carbonyl (C=O) groups is 2. The van der Waals surface area contributed by atoms with Gasteiger partial charge in [-0.15, -0.1) is 12.4 Å². The number of fused-ring (bicyclic) bond motifs is 1. The van der Waals surface area contributed by atoms with Crippen LogP contribution in [0.1, 0.15) is 28.8 Å². The van der Waals surface area contributed by atoms with Crippen LogP contribution in [0.2, 0.25) is 0 Å². The van der Waals surface area contributed by atoms with Crippen LogP contribution >= 0.6 is 12.4 Å². The lowest BCUT2D eigenvalue weighted by atomic mass is 10.1. The molecule has 2 N–H and O–H groups in total. The van der Waals surface area contributed by atoms with Crippen molar-refractivity contribution < 1.29 is 9.59 Å². The maximum absolute atomic E-state index is 12.1. The molecule has 21 heavy (non-hydrogen) atoms. The highest BCUT2D eigenvalue weighted by atomic mass is 35.5. The molecule has 2 aliphatic heterocycles. The Morgan fingerprint density at radius 3 is 2.76 bits per heavy atom. The summed E-state index contributed by atoms with van der Waals surface area (Å²) in [7, 11) is 0. The first-order valence-electron chi connectivity index (χ1n) is 7.17. The number of rotatable bonds is 3. The number of hydrogen-bond donors (Lipinski definition) is 2. The van der Waals surface area contributed by atoms with Gasteiger partial charge in [-0.2, -0.15) is 0 Å². The molecule has 0 bridgehead atoms. The van der Waals surface area contributed by atoms with Crippen LogP contribution in [-0.4, -0.2) is 42.9 Å². The number of nitrogens with one attached hydrogen (secondary N) is 2. The summed E-state index contributed by atoms with van der Waals surface area (Å²) in [5, 5.41) is 5.98. The molecule has 1 aromatic rings. The predicted molar refractivity (Wildman–Crippen MR) is 84.0 cm³/mol. The molecule has 0 saturated carbocycles. The Bertz CT molecular complexity index is 542. The van der Waals surface area contributed by atoms with Crippen molar-refractivity contribution in [1.29, 1.82) is 0 Å². The van der Waals surface area contributed by atoms with Gasteiger partial charge in [-0.25, -0.2) is 0 Å². The molecule has 2 amide bonds. The summed E-state index contributed by atoms with van der Waals surface area (Å²) in [4.78, 5) is 25.7. The Labute approximate surface area is 130 Å². The molecule has 0 aliphatic carbocycles. The number of anilines is 1. The van der Waals surface area contributed by atoms with Crippen LogP contribution in [-0.2, 0) is 11.2 Å². The normalized spacial score (nSPS) is 15.9. The number of halogens is 1. The fourth-order valence-corrected chi connectivity index (χ4v) is 2.78. The SMILES string of the molecule is Cl.O=C(NCC(=O)N1CCCC1)c1ccc2c(c1)CCN2. The van der Waals surface area contributed by atoms with Crippen LogP contribution < -0.4 is 10.6 Å². The minimum absolute atomic E-state index is 0. The molecule has 1 aromatic carbocycles. The van der Waals surface area contributed by atoms with E-state index in [1.165, 1.54) is 5.56 Å². The summed E-state index contributed by atoms with van der Waals surface area (Å²) < 4.78 is 0. The number of nitrogens with zero attached hydrogens (tertiary/aromatic N) is 1. The lowest BCUT2D eigenvalue weighted by Gasteiger charge is -2.15. The number of likely N-dealkylation sites (tertiary alicyclic amines) is 1. The highest BCUT2D eigenvalue weighted by Crippen LogP contribution is 2.22. The molecule has 0 aromatic heterocycles. The molecule has 1 fully saturated rings. The average molecular weight is 310 g/mol. The largest absolute Gasteiger partial charge is 0.384 e. The average Bonchev–Trinajstić information content (AvgIpc) is 3.13. The van der Waals surface area contributed by atoms with Crippen molar-refractivity contribution in [2.45, 2.75) is 19.3 Å². The van der Waals surface area contributed by atoms with Gasteiger partial charge in [0.15, 0.2) is 0 Å². The van der Waals surface area contributed by atoms with E-state index in [0.717, 1.165) is 44.6 Å². The molecule has 6 heteroatoms. The molecule has 0 atom stereocenters. The van der Waals surface area contributed by atoms with Gasteiger partial charge >= 0.3 is 0 Å². The smallest absolute Gasteiger partial charge is 0.251 e. The number of carbonyl (C=O) groups excluding carboxylic acids is 2. The first-order chi connectivity index (χ1) is 9.74. The Hall–Kier alpha value is -1.75. The van der Waals surface area contributed by atoms with E-state index < -0.39 is 0 Å². The topological polar surface area (TPSA) is 61.4 Å². The third-order valence-electron chi connectivity index (χ3n) is 3.94. The van der Waals surface area contributed by atoms with Crippen LogP contribution in [0, 0.1) is 0 Å². The Balaban J connectivity index is 0.00000161. The zero-order chi connectivity index (χ0) is 13.9. The fourth-order valence-electron chi connectivity index (χ4n) is 2.78. The maximum Gasteiger partial charge on any atom is 0.251 e. The van der Waals surface area contributed by atoms with E-state index in [1.807, 2.05) is 17.0 Å². The van der Waals surface area contributed by atoms with E-state index in [1.54, 1.807) is 6.07 Å². The number of hydrogen-bond acceptors (Lipinski definition) is 3. The molecule has 2 aliphatic rings. The van der Waals surface area contributed by atoms with E-state index >= 15 is 0 Å². The third kappa shape index (κ3) is 3.47. The zero-order valence-electron chi connectivity index (χ0n) is 11.9. The monoisotopic (exact) mass is 309 g/mol. The van der Waals surface area contributed by atoms with Gasteiger partial charge in [-0.3, -0.25) is 9.59 Å². The Kier molecular flexibility index (Phi) is 5.07. The summed E-state index contributed by atoms with van der Waals surface area (Å²) in [5.41, 5.74) is 2.90. The standard InChI is InChI=1S/C15H19N3O2.ClH/c19-14(18-7-1-2-8-18)10-17-15(20)12-3-4-13-11(9-12)5-6-16-13;/h3-4,9,16H,1-2,5-8,10H2,(H,17,20);1H. The summed E-state index contributed by atoms with van der Waals surface area (Å²) in [6, 6.07) is 5.64. The molecule has 0 spiro atoms. The minimum Gasteiger partial charge on any atom is -0.384 e. The molecule has 114 valence electrons. The van der Waals surface area contributed by atoms with Gasteiger partial charge in [0.1, 0.15) is 0 Å². The second kappa shape index (κ2) is 6.80. The fraction of sp³-hybridized carbons (Fsp3) is 0.467. The van der Waals surface area contributed by atoms with E-state index in [2.05, 4.69) is 10.6 Å². The highest BCUT2D eigenvalue weighted by molar-refractivity contribution is 5.97. The van der Waals surface area contributed by atoms with Gasteiger partial charge in [-0.05, 0) is 43.0 Å². The molecule has 0 unspecified atom stereocenters. The highest BCUT2D eigenvalue weighted by Gasteiger charge is 2.19. The van der Waals surface area contributed by atoms with E-state index in [0.29, 0.717) is 5.56 Å². The van der Waals surface area contributed by atoms with Crippen LogP contribution in [0.5, 0.6) is 0 Å². The Morgan fingerprint density at radius 1 is 1.24 bits per heavy atom. The van der Waals surface area contributed by atoms with Crippen molar-refractivity contribution in [2.24, 2.45) is 0 Å². The third-order valence-corrected chi connectivity index (χ3v) is 3.94. The van der Waals surface area contributed by atoms with E-state index in [4.69, 9.17) is 0 Å². The predicted octanol–water partition coefficient (Wildman–Crippen LogP) is 1.43. The quantitative estimate of drug-likeness (QED) is 0.888. The van der Waals surface area contributed by atoms with E-state index in [-0.39, 0.29) is 30.8 Å². The van der Waals surface area contributed by atoms with Gasteiger partial charge in [-0.1, -0.05) is 0 Å². The molecule has 1 saturated heterocycles. The lowest BCUT2D eigenvalue weighted by molar-refractivity contribution is -0.129. The minimum atomic E-state index is -0.174. The summed E-state index contributed by atoms with van der Waals surface area (Å²) >= 11 is 0.